The minimum Gasteiger partial charge on any atom is -0.440 e. The maximum atomic E-state index is 12.2. The van der Waals surface area contributed by atoms with Gasteiger partial charge in [-0.05, 0) is 28.1 Å². The number of aromatic nitrogens is 3. The first-order chi connectivity index (χ1) is 11.0. The fourth-order valence-electron chi connectivity index (χ4n) is 2.14. The summed E-state index contributed by atoms with van der Waals surface area (Å²) < 4.78 is 34.9. The van der Waals surface area contributed by atoms with Crippen molar-refractivity contribution in [1.82, 2.24) is 15.2 Å². The molecule has 5 nitrogen and oxygen atoms in total. The van der Waals surface area contributed by atoms with E-state index in [-0.39, 0.29) is 6.61 Å². The summed E-state index contributed by atoms with van der Waals surface area (Å²) >= 11 is 9.50. The molecule has 23 heavy (non-hydrogen) atoms. The average molecular weight is 407 g/mol. The van der Waals surface area contributed by atoms with E-state index in [9.17, 15) is 8.78 Å². The number of H-pyrrole nitrogens is 1. The molecule has 0 saturated carbocycles. The Morgan fingerprint density at radius 3 is 2.91 bits per heavy atom. The third kappa shape index (κ3) is 3.11. The second-order valence-electron chi connectivity index (χ2n) is 4.67. The highest BCUT2D eigenvalue weighted by Crippen LogP contribution is 2.37. The summed E-state index contributed by atoms with van der Waals surface area (Å²) in [5.74, 6) is 0.558. The van der Waals surface area contributed by atoms with Crippen LogP contribution in [0.4, 0.5) is 8.78 Å². The number of aromatic amines is 1. The van der Waals surface area contributed by atoms with E-state index in [0.717, 1.165) is 0 Å². The summed E-state index contributed by atoms with van der Waals surface area (Å²) in [5.41, 5.74) is 2.61. The molecule has 2 aromatic heterocycles. The second kappa shape index (κ2) is 6.54. The first-order valence-electron chi connectivity index (χ1n) is 6.72. The molecule has 0 radical (unpaired) electrons. The highest BCUT2D eigenvalue weighted by Gasteiger charge is 2.20. The Morgan fingerprint density at radius 1 is 1.43 bits per heavy atom. The van der Waals surface area contributed by atoms with Gasteiger partial charge in [-0.2, -0.15) is 13.9 Å². The lowest BCUT2D eigenvalue weighted by Crippen LogP contribution is -1.99. The van der Waals surface area contributed by atoms with E-state index in [2.05, 4.69) is 35.8 Å². The highest BCUT2D eigenvalue weighted by molar-refractivity contribution is 9.10. The standard InChI is InChI=1S/C14H11BrClF2N3O2/c1-2-9-19-12-7(16)4-3-6(13(12)23-9)11-10(15)8(20-21-11)5-22-14(17)18/h3-4,14H,2,5H2,1H3,(H,20,21). The van der Waals surface area contributed by atoms with Gasteiger partial charge in [-0.3, -0.25) is 5.10 Å². The van der Waals surface area contributed by atoms with E-state index < -0.39 is 6.61 Å². The average Bonchev–Trinajstić information content (AvgIpc) is 3.11. The van der Waals surface area contributed by atoms with Gasteiger partial charge in [-0.15, -0.1) is 0 Å². The summed E-state index contributed by atoms with van der Waals surface area (Å²) in [6.07, 6.45) is 0.625. The van der Waals surface area contributed by atoms with E-state index in [1.165, 1.54) is 0 Å². The lowest BCUT2D eigenvalue weighted by atomic mass is 10.1. The normalized spacial score (nSPS) is 11.7. The molecule has 0 bridgehead atoms. The van der Waals surface area contributed by atoms with Crippen LogP contribution in [0.3, 0.4) is 0 Å². The Hall–Kier alpha value is -1.51. The maximum absolute atomic E-state index is 12.2. The lowest BCUT2D eigenvalue weighted by molar-refractivity contribution is -0.138. The molecule has 9 heteroatoms. The zero-order valence-electron chi connectivity index (χ0n) is 11.9. The van der Waals surface area contributed by atoms with Gasteiger partial charge in [0, 0.05) is 12.0 Å². The zero-order valence-corrected chi connectivity index (χ0v) is 14.2. The second-order valence-corrected chi connectivity index (χ2v) is 5.87. The molecular formula is C14H11BrClF2N3O2. The van der Waals surface area contributed by atoms with Crippen molar-refractivity contribution in [2.75, 3.05) is 0 Å². The number of nitrogens with zero attached hydrogens (tertiary/aromatic N) is 2. The fraction of sp³-hybridized carbons (Fsp3) is 0.286. The minimum absolute atomic E-state index is 0.293. The summed E-state index contributed by atoms with van der Waals surface area (Å²) in [6.45, 7) is -1.22. The van der Waals surface area contributed by atoms with Gasteiger partial charge in [0.2, 0.25) is 0 Å². The van der Waals surface area contributed by atoms with Crippen LogP contribution in [0.2, 0.25) is 5.02 Å². The molecule has 0 aliphatic carbocycles. The van der Waals surface area contributed by atoms with Crippen LogP contribution in [-0.4, -0.2) is 21.8 Å². The van der Waals surface area contributed by atoms with Gasteiger partial charge in [-0.1, -0.05) is 18.5 Å². The Bertz CT molecular complexity index is 850. The Labute approximate surface area is 143 Å². The number of fused-ring (bicyclic) bond motifs is 1. The van der Waals surface area contributed by atoms with Gasteiger partial charge in [0.15, 0.2) is 11.5 Å². The molecule has 3 aromatic rings. The van der Waals surface area contributed by atoms with E-state index in [0.29, 0.717) is 49.9 Å². The van der Waals surface area contributed by atoms with Crippen LogP contribution < -0.4 is 0 Å². The number of nitrogens with one attached hydrogen (secondary N) is 1. The number of hydrogen-bond donors (Lipinski definition) is 1. The molecular weight excluding hydrogens is 396 g/mol. The van der Waals surface area contributed by atoms with E-state index in [4.69, 9.17) is 16.0 Å². The number of benzene rings is 1. The molecule has 0 atom stereocenters. The minimum atomic E-state index is -2.85. The number of halogens is 4. The predicted octanol–water partition coefficient (Wildman–Crippen LogP) is 4.94. The number of rotatable bonds is 5. The molecule has 0 spiro atoms. The van der Waals surface area contributed by atoms with Crippen molar-refractivity contribution in [3.63, 3.8) is 0 Å². The molecule has 0 aliphatic heterocycles. The molecule has 1 N–H and O–H groups in total. The summed E-state index contributed by atoms with van der Waals surface area (Å²) in [7, 11) is 0. The fourth-order valence-corrected chi connectivity index (χ4v) is 2.84. The maximum Gasteiger partial charge on any atom is 0.345 e. The van der Waals surface area contributed by atoms with E-state index in [1.54, 1.807) is 12.1 Å². The molecule has 0 unspecified atom stereocenters. The SMILES string of the molecule is CCc1nc2c(Cl)ccc(-c3n[nH]c(COC(F)F)c3Br)c2o1. The first kappa shape index (κ1) is 16.4. The molecule has 2 heterocycles. The van der Waals surface area contributed by atoms with Crippen molar-refractivity contribution in [3.8, 4) is 11.3 Å². The van der Waals surface area contributed by atoms with Gasteiger partial charge < -0.3 is 9.15 Å². The van der Waals surface area contributed by atoms with Gasteiger partial charge in [0.05, 0.1) is 21.8 Å². The van der Waals surface area contributed by atoms with Gasteiger partial charge in [0.1, 0.15) is 11.2 Å². The van der Waals surface area contributed by atoms with Crippen molar-refractivity contribution in [3.05, 3.63) is 33.2 Å². The van der Waals surface area contributed by atoms with Crippen molar-refractivity contribution >= 4 is 38.6 Å². The number of oxazole rings is 1. The highest BCUT2D eigenvalue weighted by atomic mass is 79.9. The summed E-state index contributed by atoms with van der Waals surface area (Å²) in [5, 5.41) is 7.30. The third-order valence-electron chi connectivity index (χ3n) is 3.23. The van der Waals surface area contributed by atoms with Crippen molar-refractivity contribution in [1.29, 1.82) is 0 Å². The quantitative estimate of drug-likeness (QED) is 0.652. The van der Waals surface area contributed by atoms with Crippen LogP contribution >= 0.6 is 27.5 Å². The van der Waals surface area contributed by atoms with Crippen LogP contribution in [0.1, 0.15) is 18.5 Å². The number of aryl methyl sites for hydroxylation is 1. The number of hydrogen-bond acceptors (Lipinski definition) is 4. The van der Waals surface area contributed by atoms with E-state index >= 15 is 0 Å². The van der Waals surface area contributed by atoms with Crippen molar-refractivity contribution in [2.45, 2.75) is 26.6 Å². The monoisotopic (exact) mass is 405 g/mol. The van der Waals surface area contributed by atoms with Crippen LogP contribution in [0.15, 0.2) is 21.0 Å². The molecule has 0 saturated heterocycles. The van der Waals surface area contributed by atoms with Gasteiger partial charge >= 0.3 is 6.61 Å². The zero-order chi connectivity index (χ0) is 16.6. The summed E-state index contributed by atoms with van der Waals surface area (Å²) in [4.78, 5) is 4.34. The Morgan fingerprint density at radius 2 is 2.22 bits per heavy atom. The Kier molecular flexibility index (Phi) is 4.65. The van der Waals surface area contributed by atoms with Gasteiger partial charge in [0.25, 0.3) is 0 Å². The number of alkyl halides is 2. The molecule has 3 rings (SSSR count). The van der Waals surface area contributed by atoms with Gasteiger partial charge in [-0.25, -0.2) is 4.98 Å². The van der Waals surface area contributed by atoms with Crippen molar-refractivity contribution in [2.24, 2.45) is 0 Å². The van der Waals surface area contributed by atoms with Crippen LogP contribution in [0.5, 0.6) is 0 Å². The summed E-state index contributed by atoms with van der Waals surface area (Å²) in [6, 6.07) is 3.44. The first-order valence-corrected chi connectivity index (χ1v) is 7.89. The van der Waals surface area contributed by atoms with Crippen LogP contribution in [-0.2, 0) is 17.8 Å². The Balaban J connectivity index is 2.07. The molecule has 0 aliphatic rings. The molecule has 0 amide bonds. The smallest absolute Gasteiger partial charge is 0.345 e. The van der Waals surface area contributed by atoms with Crippen LogP contribution in [0, 0.1) is 0 Å². The number of ether oxygens (including phenoxy) is 1. The van der Waals surface area contributed by atoms with Crippen LogP contribution in [0.25, 0.3) is 22.4 Å². The molecule has 122 valence electrons. The topological polar surface area (TPSA) is 63.9 Å². The lowest BCUT2D eigenvalue weighted by Gasteiger charge is -2.02. The third-order valence-corrected chi connectivity index (χ3v) is 4.38. The van der Waals surface area contributed by atoms with Crippen molar-refractivity contribution < 1.29 is 17.9 Å². The van der Waals surface area contributed by atoms with E-state index in [1.807, 2.05) is 6.92 Å². The molecule has 0 fully saturated rings. The molecule has 1 aromatic carbocycles. The largest absolute Gasteiger partial charge is 0.440 e. The predicted molar refractivity (Wildman–Crippen MR) is 84.5 cm³/mol.